The van der Waals surface area contributed by atoms with Crippen molar-refractivity contribution in [1.82, 2.24) is 5.32 Å². The predicted molar refractivity (Wildman–Crippen MR) is 172 cm³/mol. The summed E-state index contributed by atoms with van der Waals surface area (Å²) in [6.07, 6.45) is 0.838. The van der Waals surface area contributed by atoms with Crippen LogP contribution in [0.2, 0.25) is 0 Å². The molecule has 12 nitrogen and oxygen atoms in total. The highest BCUT2D eigenvalue weighted by atomic mass is 16.5. The van der Waals surface area contributed by atoms with Gasteiger partial charge in [-0.1, -0.05) is 36.4 Å². The highest BCUT2D eigenvalue weighted by molar-refractivity contribution is 6.01. The second kappa shape index (κ2) is 15.6. The molecule has 0 saturated carbocycles. The Morgan fingerprint density at radius 2 is 1.70 bits per heavy atom. The molecule has 3 aromatic rings. The van der Waals surface area contributed by atoms with E-state index < -0.39 is 29.9 Å². The molecule has 12 heteroatoms. The molecular formula is C34H38N4O8. The van der Waals surface area contributed by atoms with E-state index in [-0.39, 0.29) is 31.6 Å². The number of aliphatic carboxylic acids is 1. The molecule has 4 amide bonds. The van der Waals surface area contributed by atoms with Crippen molar-refractivity contribution in [3.63, 3.8) is 0 Å². The second-order valence-corrected chi connectivity index (χ2v) is 10.9. The number of anilines is 3. The normalized spacial score (nSPS) is 12.7. The van der Waals surface area contributed by atoms with Crippen LogP contribution in [-0.2, 0) is 36.8 Å². The minimum Gasteiger partial charge on any atom is -0.495 e. The first kappa shape index (κ1) is 33.5. The lowest BCUT2D eigenvalue weighted by molar-refractivity contribution is -0.142. The number of methoxy groups -OCH3 is 2. The third-order valence-electron chi connectivity index (χ3n) is 7.69. The summed E-state index contributed by atoms with van der Waals surface area (Å²) in [4.78, 5) is 63.3. The molecule has 4 rings (SSSR count). The summed E-state index contributed by atoms with van der Waals surface area (Å²) in [6.45, 7) is 2.43. The number of aryl methyl sites for hydroxylation is 2. The minimum atomic E-state index is -1.09. The van der Waals surface area contributed by atoms with Crippen LogP contribution in [0.15, 0.2) is 60.7 Å². The molecular weight excluding hydrogens is 592 g/mol. The molecule has 1 heterocycles. The molecule has 0 unspecified atom stereocenters. The zero-order chi connectivity index (χ0) is 33.2. The van der Waals surface area contributed by atoms with E-state index in [1.807, 2.05) is 37.3 Å². The van der Waals surface area contributed by atoms with Gasteiger partial charge in [0.25, 0.3) is 0 Å². The van der Waals surface area contributed by atoms with E-state index in [0.717, 1.165) is 23.2 Å². The van der Waals surface area contributed by atoms with Crippen LogP contribution in [-0.4, -0.2) is 55.7 Å². The first-order valence-corrected chi connectivity index (χ1v) is 14.9. The van der Waals surface area contributed by atoms with E-state index in [1.165, 1.54) is 14.2 Å². The van der Waals surface area contributed by atoms with Gasteiger partial charge in [-0.3, -0.25) is 19.2 Å². The number of carboxylic acids is 1. The number of carbonyl (C=O) groups is 5. The number of benzene rings is 3. The molecule has 0 aliphatic carbocycles. The number of nitrogens with one attached hydrogen (secondary N) is 3. The van der Waals surface area contributed by atoms with Crippen molar-refractivity contribution in [2.24, 2.45) is 0 Å². The summed E-state index contributed by atoms with van der Waals surface area (Å²) >= 11 is 0. The van der Waals surface area contributed by atoms with Crippen LogP contribution in [0.1, 0.15) is 54.0 Å². The molecule has 0 aromatic heterocycles. The molecule has 0 fully saturated rings. The Morgan fingerprint density at radius 3 is 2.41 bits per heavy atom. The summed E-state index contributed by atoms with van der Waals surface area (Å²) in [5.74, 6) is -1.82. The van der Waals surface area contributed by atoms with Gasteiger partial charge in [-0.25, -0.2) is 4.79 Å². The number of rotatable bonds is 12. The highest BCUT2D eigenvalue weighted by Crippen LogP contribution is 2.32. The number of amides is 4. The molecule has 3 aromatic carbocycles. The number of fused-ring (bicyclic) bond motifs is 1. The van der Waals surface area contributed by atoms with E-state index in [9.17, 15) is 24.0 Å². The zero-order valence-corrected chi connectivity index (χ0v) is 26.1. The lowest BCUT2D eigenvalue weighted by atomic mass is 9.94. The summed E-state index contributed by atoms with van der Waals surface area (Å²) in [7, 11) is 2.75. The van der Waals surface area contributed by atoms with Crippen molar-refractivity contribution in [3.8, 4) is 5.75 Å². The topological polar surface area (TPSA) is 163 Å². The summed E-state index contributed by atoms with van der Waals surface area (Å²) in [5.41, 5.74) is 5.07. The number of para-hydroxylation sites is 1. The molecule has 1 aliphatic heterocycles. The van der Waals surface area contributed by atoms with Crippen LogP contribution in [0.4, 0.5) is 21.9 Å². The van der Waals surface area contributed by atoms with Crippen LogP contribution in [0.25, 0.3) is 0 Å². The van der Waals surface area contributed by atoms with Crippen molar-refractivity contribution >= 4 is 46.8 Å². The van der Waals surface area contributed by atoms with Gasteiger partial charge in [0.2, 0.25) is 11.8 Å². The summed E-state index contributed by atoms with van der Waals surface area (Å²) in [6, 6.07) is 16.9. The molecule has 0 spiro atoms. The Bertz CT molecular complexity index is 1620. The van der Waals surface area contributed by atoms with Gasteiger partial charge in [-0.15, -0.1) is 0 Å². The fourth-order valence-corrected chi connectivity index (χ4v) is 5.29. The van der Waals surface area contributed by atoms with Gasteiger partial charge in [0.15, 0.2) is 0 Å². The first-order chi connectivity index (χ1) is 22.1. The van der Waals surface area contributed by atoms with E-state index in [1.54, 1.807) is 35.2 Å². The zero-order valence-electron chi connectivity index (χ0n) is 26.1. The van der Waals surface area contributed by atoms with Gasteiger partial charge in [0.05, 0.1) is 45.2 Å². The predicted octanol–water partition coefficient (Wildman–Crippen LogP) is 4.75. The van der Waals surface area contributed by atoms with Crippen LogP contribution in [0.5, 0.6) is 5.75 Å². The monoisotopic (exact) mass is 630 g/mol. The molecule has 4 N–H and O–H groups in total. The Kier molecular flexibility index (Phi) is 11.3. The maximum absolute atomic E-state index is 13.5. The minimum absolute atomic E-state index is 0.0951. The van der Waals surface area contributed by atoms with Crippen molar-refractivity contribution in [1.29, 1.82) is 0 Å². The molecule has 1 aliphatic rings. The second-order valence-electron chi connectivity index (χ2n) is 10.9. The lowest BCUT2D eigenvalue weighted by Crippen LogP contribution is -2.37. The lowest BCUT2D eigenvalue weighted by Gasteiger charge is -2.31. The SMILES string of the molecule is COC(=O)C[C@@H](NC(=O)CCC(=O)O)c1ccc2c(c1)CCCN2C(=O)Cc1ccc(NC(=O)Nc2ccccc2C)c(OC)c1. The van der Waals surface area contributed by atoms with Gasteiger partial charge in [0.1, 0.15) is 5.75 Å². The van der Waals surface area contributed by atoms with Gasteiger partial charge >= 0.3 is 18.0 Å². The van der Waals surface area contributed by atoms with Gasteiger partial charge in [-0.05, 0) is 66.3 Å². The molecule has 242 valence electrons. The average molecular weight is 631 g/mol. The van der Waals surface area contributed by atoms with Crippen LogP contribution < -0.4 is 25.6 Å². The van der Waals surface area contributed by atoms with Crippen molar-refractivity contribution in [3.05, 3.63) is 82.9 Å². The number of ether oxygens (including phenoxy) is 2. The maximum atomic E-state index is 13.5. The number of hydrogen-bond donors (Lipinski definition) is 4. The van der Waals surface area contributed by atoms with E-state index in [4.69, 9.17) is 14.6 Å². The number of nitrogens with zero attached hydrogens (tertiary/aromatic N) is 1. The molecule has 0 bridgehead atoms. The third-order valence-corrected chi connectivity index (χ3v) is 7.69. The van der Waals surface area contributed by atoms with Crippen LogP contribution >= 0.6 is 0 Å². The number of carbonyl (C=O) groups excluding carboxylic acids is 4. The van der Waals surface area contributed by atoms with E-state index in [0.29, 0.717) is 41.2 Å². The molecule has 1 atom stereocenters. The number of urea groups is 1. The summed E-state index contributed by atoms with van der Waals surface area (Å²) < 4.78 is 10.3. The van der Waals surface area contributed by atoms with Crippen molar-refractivity contribution < 1.29 is 38.6 Å². The Morgan fingerprint density at radius 1 is 0.935 bits per heavy atom. The van der Waals surface area contributed by atoms with Crippen molar-refractivity contribution in [2.45, 2.75) is 51.5 Å². The smallest absolute Gasteiger partial charge is 0.323 e. The average Bonchev–Trinajstić information content (AvgIpc) is 3.04. The maximum Gasteiger partial charge on any atom is 0.323 e. The molecule has 0 radical (unpaired) electrons. The van der Waals surface area contributed by atoms with Gasteiger partial charge in [-0.2, -0.15) is 0 Å². The Hall–Kier alpha value is -5.39. The van der Waals surface area contributed by atoms with Gasteiger partial charge < -0.3 is 35.4 Å². The number of carboxylic acid groups (broad SMARTS) is 1. The fraction of sp³-hybridized carbons (Fsp3) is 0.324. The first-order valence-electron chi connectivity index (χ1n) is 14.9. The van der Waals surface area contributed by atoms with Crippen molar-refractivity contribution in [2.75, 3.05) is 36.3 Å². The standard InChI is InChI=1S/C34H38N4O8/c1-21-7-4-5-9-25(21)36-34(44)37-26-12-10-22(17-29(26)45-2)18-31(40)38-16-6-8-24-19-23(11-13-28(24)38)27(20-33(43)46-3)35-30(39)14-15-32(41)42/h4-5,7,9-13,17,19,27H,6,8,14-16,18,20H2,1-3H3,(H,35,39)(H,41,42)(H2,36,37,44)/t27-/m1/s1. The van der Waals surface area contributed by atoms with Gasteiger partial charge in [0, 0.05) is 24.3 Å². The van der Waals surface area contributed by atoms with E-state index in [2.05, 4.69) is 16.0 Å². The van der Waals surface area contributed by atoms with Crippen LogP contribution in [0, 0.1) is 6.92 Å². The third kappa shape index (κ3) is 8.84. The highest BCUT2D eigenvalue weighted by Gasteiger charge is 2.26. The molecule has 0 saturated heterocycles. The number of hydrogen-bond acceptors (Lipinski definition) is 7. The summed E-state index contributed by atoms with van der Waals surface area (Å²) in [5, 5.41) is 17.3. The van der Waals surface area contributed by atoms with Crippen LogP contribution in [0.3, 0.4) is 0 Å². The Balaban J connectivity index is 1.46. The fourth-order valence-electron chi connectivity index (χ4n) is 5.29. The largest absolute Gasteiger partial charge is 0.495 e. The molecule has 46 heavy (non-hydrogen) atoms. The quantitative estimate of drug-likeness (QED) is 0.208. The Labute approximate surface area is 267 Å². The van der Waals surface area contributed by atoms with E-state index >= 15 is 0 Å². The number of esters is 1.